The van der Waals surface area contributed by atoms with Gasteiger partial charge in [-0.15, -0.1) is 11.6 Å². The van der Waals surface area contributed by atoms with Gasteiger partial charge in [0.1, 0.15) is 11.9 Å². The SMILES string of the molecule is NS(=O)(=O)c1ccc2c(c1)NC(=O)C(c1ccccc1)N2C(=O)CCl. The maximum atomic E-state index is 12.6. The molecule has 1 aliphatic heterocycles. The first-order valence-corrected chi connectivity index (χ1v) is 9.31. The molecule has 1 aliphatic rings. The van der Waals surface area contributed by atoms with Crippen molar-refractivity contribution in [2.24, 2.45) is 5.14 Å². The molecule has 9 heteroatoms. The van der Waals surface area contributed by atoms with Gasteiger partial charge in [0.15, 0.2) is 0 Å². The average molecular weight is 380 g/mol. The molecule has 0 bridgehead atoms. The summed E-state index contributed by atoms with van der Waals surface area (Å²) in [7, 11) is -3.94. The molecular formula is C16H14ClN3O4S. The Hall–Kier alpha value is -2.42. The second-order valence-corrected chi connectivity index (χ2v) is 7.25. The first-order chi connectivity index (χ1) is 11.8. The van der Waals surface area contributed by atoms with Gasteiger partial charge in [-0.25, -0.2) is 13.6 Å². The molecule has 1 atom stereocenters. The summed E-state index contributed by atoms with van der Waals surface area (Å²) in [6.45, 7) is 0. The van der Waals surface area contributed by atoms with Crippen molar-refractivity contribution in [3.63, 3.8) is 0 Å². The van der Waals surface area contributed by atoms with Crippen molar-refractivity contribution in [3.8, 4) is 0 Å². The third-order valence-corrected chi connectivity index (χ3v) is 4.96. The monoisotopic (exact) mass is 379 g/mol. The van der Waals surface area contributed by atoms with Crippen LogP contribution < -0.4 is 15.4 Å². The van der Waals surface area contributed by atoms with Crippen LogP contribution in [0.2, 0.25) is 0 Å². The van der Waals surface area contributed by atoms with Crippen LogP contribution in [0.5, 0.6) is 0 Å². The van der Waals surface area contributed by atoms with Crippen molar-refractivity contribution in [1.82, 2.24) is 0 Å². The number of carbonyl (C=O) groups is 2. The lowest BCUT2D eigenvalue weighted by Crippen LogP contribution is -2.45. The Kier molecular flexibility index (Phi) is 4.51. The van der Waals surface area contributed by atoms with Crippen LogP contribution in [-0.4, -0.2) is 26.1 Å². The number of primary sulfonamides is 1. The standard InChI is InChI=1S/C16H14ClN3O4S/c17-9-14(21)20-13-7-6-11(25(18,23)24)8-12(13)19-16(22)15(20)10-4-2-1-3-5-10/h1-8,15H,9H2,(H,19,22)(H2,18,23,24). The molecule has 25 heavy (non-hydrogen) atoms. The van der Waals surface area contributed by atoms with Crippen molar-refractivity contribution < 1.29 is 18.0 Å². The number of carbonyl (C=O) groups excluding carboxylic acids is 2. The number of hydrogen-bond donors (Lipinski definition) is 2. The third-order valence-electron chi connectivity index (χ3n) is 3.82. The summed E-state index contributed by atoms with van der Waals surface area (Å²) >= 11 is 5.72. The van der Waals surface area contributed by atoms with Gasteiger partial charge in [-0.1, -0.05) is 30.3 Å². The topological polar surface area (TPSA) is 110 Å². The van der Waals surface area contributed by atoms with Gasteiger partial charge in [0.25, 0.3) is 5.91 Å². The summed E-state index contributed by atoms with van der Waals surface area (Å²) in [5, 5.41) is 7.76. The number of rotatable bonds is 3. The van der Waals surface area contributed by atoms with E-state index in [9.17, 15) is 18.0 Å². The van der Waals surface area contributed by atoms with Crippen LogP contribution >= 0.6 is 11.6 Å². The molecule has 0 saturated carbocycles. The molecule has 1 unspecified atom stereocenters. The fraction of sp³-hybridized carbons (Fsp3) is 0.125. The van der Waals surface area contributed by atoms with Crippen LogP contribution in [0.25, 0.3) is 0 Å². The van der Waals surface area contributed by atoms with E-state index in [1.54, 1.807) is 30.3 Å². The lowest BCUT2D eigenvalue weighted by molar-refractivity contribution is -0.122. The minimum atomic E-state index is -3.94. The second kappa shape index (κ2) is 6.47. The number of nitrogens with one attached hydrogen (secondary N) is 1. The molecule has 2 aromatic rings. The van der Waals surface area contributed by atoms with Crippen molar-refractivity contribution in [1.29, 1.82) is 0 Å². The number of nitrogens with zero attached hydrogens (tertiary/aromatic N) is 1. The predicted molar refractivity (Wildman–Crippen MR) is 93.8 cm³/mol. The second-order valence-electron chi connectivity index (χ2n) is 5.42. The Labute approximate surface area is 149 Å². The molecule has 0 aromatic heterocycles. The highest BCUT2D eigenvalue weighted by molar-refractivity contribution is 7.89. The number of alkyl halides is 1. The highest BCUT2D eigenvalue weighted by Crippen LogP contribution is 2.39. The van der Waals surface area contributed by atoms with Crippen molar-refractivity contribution in [2.45, 2.75) is 10.9 Å². The molecule has 2 amide bonds. The van der Waals surface area contributed by atoms with E-state index in [1.807, 2.05) is 0 Å². The van der Waals surface area contributed by atoms with Crippen LogP contribution in [0, 0.1) is 0 Å². The van der Waals surface area contributed by atoms with Crippen LogP contribution in [0.3, 0.4) is 0 Å². The Balaban J connectivity index is 2.17. The van der Waals surface area contributed by atoms with Gasteiger partial charge in [0.2, 0.25) is 15.9 Å². The molecule has 0 aliphatic carbocycles. The summed E-state index contributed by atoms with van der Waals surface area (Å²) in [6.07, 6.45) is 0. The van der Waals surface area contributed by atoms with Crippen molar-refractivity contribution >= 4 is 44.8 Å². The van der Waals surface area contributed by atoms with Crippen LogP contribution in [0.4, 0.5) is 11.4 Å². The lowest BCUT2D eigenvalue weighted by atomic mass is 10.00. The first-order valence-electron chi connectivity index (χ1n) is 7.23. The summed E-state index contributed by atoms with van der Waals surface area (Å²) in [5.41, 5.74) is 1.15. The highest BCUT2D eigenvalue weighted by atomic mass is 35.5. The maximum Gasteiger partial charge on any atom is 0.252 e. The quantitative estimate of drug-likeness (QED) is 0.789. The zero-order chi connectivity index (χ0) is 18.2. The molecule has 1 heterocycles. The zero-order valence-electron chi connectivity index (χ0n) is 12.8. The molecule has 7 nitrogen and oxygen atoms in total. The summed E-state index contributed by atoms with van der Waals surface area (Å²) in [4.78, 5) is 26.1. The highest BCUT2D eigenvalue weighted by Gasteiger charge is 2.38. The van der Waals surface area contributed by atoms with E-state index in [1.165, 1.54) is 23.1 Å². The number of halogens is 1. The number of sulfonamides is 1. The van der Waals surface area contributed by atoms with E-state index in [4.69, 9.17) is 16.7 Å². The van der Waals surface area contributed by atoms with Gasteiger partial charge in [-0.2, -0.15) is 0 Å². The summed E-state index contributed by atoms with van der Waals surface area (Å²) in [6, 6.07) is 11.8. The fourth-order valence-electron chi connectivity index (χ4n) is 2.74. The van der Waals surface area contributed by atoms with E-state index in [2.05, 4.69) is 5.32 Å². The van der Waals surface area contributed by atoms with Crippen LogP contribution in [-0.2, 0) is 19.6 Å². The Bertz CT molecular complexity index is 947. The Morgan fingerprint density at radius 3 is 2.48 bits per heavy atom. The van der Waals surface area contributed by atoms with E-state index in [0.29, 0.717) is 11.3 Å². The minimum Gasteiger partial charge on any atom is -0.322 e. The largest absolute Gasteiger partial charge is 0.322 e. The minimum absolute atomic E-state index is 0.164. The van der Waals surface area contributed by atoms with Gasteiger partial charge in [0.05, 0.1) is 16.3 Å². The number of amides is 2. The van der Waals surface area contributed by atoms with Crippen LogP contribution in [0.15, 0.2) is 53.4 Å². The van der Waals surface area contributed by atoms with Crippen molar-refractivity contribution in [2.75, 3.05) is 16.1 Å². The van der Waals surface area contributed by atoms with Gasteiger partial charge < -0.3 is 5.32 Å². The van der Waals surface area contributed by atoms with Gasteiger partial charge in [-0.3, -0.25) is 14.5 Å². The normalized spacial score (nSPS) is 17.0. The van der Waals surface area contributed by atoms with E-state index in [-0.39, 0.29) is 16.5 Å². The number of hydrogen-bond acceptors (Lipinski definition) is 4. The molecule has 130 valence electrons. The van der Waals surface area contributed by atoms with Gasteiger partial charge in [0, 0.05) is 0 Å². The number of anilines is 2. The average Bonchev–Trinajstić information content (AvgIpc) is 2.59. The molecule has 0 radical (unpaired) electrons. The molecule has 0 fully saturated rings. The van der Waals surface area contributed by atoms with Crippen LogP contribution in [0.1, 0.15) is 11.6 Å². The number of benzene rings is 2. The van der Waals surface area contributed by atoms with E-state index >= 15 is 0 Å². The molecule has 0 spiro atoms. The van der Waals surface area contributed by atoms with Gasteiger partial charge >= 0.3 is 0 Å². The molecule has 3 rings (SSSR count). The summed E-state index contributed by atoms with van der Waals surface area (Å²) < 4.78 is 23.0. The number of nitrogens with two attached hydrogens (primary N) is 1. The molecule has 0 saturated heterocycles. The van der Waals surface area contributed by atoms with E-state index < -0.39 is 27.9 Å². The predicted octanol–water partition coefficient (Wildman–Crippen LogP) is 1.60. The Morgan fingerprint density at radius 1 is 1.20 bits per heavy atom. The molecule has 2 aromatic carbocycles. The molecule has 3 N–H and O–H groups in total. The fourth-order valence-corrected chi connectivity index (χ4v) is 3.41. The first kappa shape index (κ1) is 17.4. The van der Waals surface area contributed by atoms with Gasteiger partial charge in [-0.05, 0) is 23.8 Å². The molecular weight excluding hydrogens is 366 g/mol. The smallest absolute Gasteiger partial charge is 0.252 e. The maximum absolute atomic E-state index is 12.6. The van der Waals surface area contributed by atoms with Crippen molar-refractivity contribution in [3.05, 3.63) is 54.1 Å². The summed E-state index contributed by atoms with van der Waals surface area (Å²) in [5.74, 6) is -1.27. The third kappa shape index (κ3) is 3.23. The zero-order valence-corrected chi connectivity index (χ0v) is 14.4. The Morgan fingerprint density at radius 2 is 1.88 bits per heavy atom. The van der Waals surface area contributed by atoms with E-state index in [0.717, 1.165) is 0 Å². The number of fused-ring (bicyclic) bond motifs is 1. The lowest BCUT2D eigenvalue weighted by Gasteiger charge is -2.36.